The van der Waals surface area contributed by atoms with Crippen LogP contribution < -0.4 is 4.48 Å². The van der Waals surface area contributed by atoms with Crippen LogP contribution in [0.5, 0.6) is 0 Å². The molecule has 0 saturated carbocycles. The number of benzene rings is 2. The summed E-state index contributed by atoms with van der Waals surface area (Å²) in [7, 11) is 1.44. The third kappa shape index (κ3) is 4.31. The summed E-state index contributed by atoms with van der Waals surface area (Å²) < 4.78 is 58.8. The van der Waals surface area contributed by atoms with Crippen molar-refractivity contribution in [1.29, 1.82) is 0 Å². The fourth-order valence-corrected chi connectivity index (χ4v) is 4.13. The highest BCUT2D eigenvalue weighted by Crippen LogP contribution is 2.44. The van der Waals surface area contributed by atoms with Crippen LogP contribution in [-0.2, 0) is 27.0 Å². The van der Waals surface area contributed by atoms with E-state index in [1.807, 2.05) is 0 Å². The first-order valence-corrected chi connectivity index (χ1v) is 9.83. The Hall–Kier alpha value is -3.04. The van der Waals surface area contributed by atoms with Gasteiger partial charge in [-0.25, -0.2) is 18.5 Å². The van der Waals surface area contributed by atoms with Crippen molar-refractivity contribution < 1.29 is 37.0 Å². The van der Waals surface area contributed by atoms with Gasteiger partial charge in [0, 0.05) is 30.7 Å². The van der Waals surface area contributed by atoms with Crippen LogP contribution in [0.1, 0.15) is 30.0 Å². The minimum absolute atomic E-state index is 0.0262. The Morgan fingerprint density at radius 2 is 1.88 bits per heavy atom. The standard InChI is InChI=1S/C23H21F4NO4/c1-14-18-8-7-16(23(25,26)27)12-19(18)28(9-4-10-32-2,21(29)20(14)22(30)31)13-15-5-3-6-17(24)11-15/h3,5-8,11-12H,4,9-10,13H2,1-2H3/p+1. The summed E-state index contributed by atoms with van der Waals surface area (Å²) in [5.41, 5.74) is -0.735. The van der Waals surface area contributed by atoms with E-state index in [-0.39, 0.29) is 42.9 Å². The van der Waals surface area contributed by atoms with Gasteiger partial charge in [0.2, 0.25) is 0 Å². The van der Waals surface area contributed by atoms with E-state index in [1.165, 1.54) is 38.3 Å². The molecule has 0 fully saturated rings. The summed E-state index contributed by atoms with van der Waals surface area (Å²) in [6.45, 7) is 1.37. The Morgan fingerprint density at radius 3 is 2.47 bits per heavy atom. The summed E-state index contributed by atoms with van der Waals surface area (Å²) in [6, 6.07) is 8.31. The summed E-state index contributed by atoms with van der Waals surface area (Å²) >= 11 is 0. The van der Waals surface area contributed by atoms with Gasteiger partial charge in [-0.1, -0.05) is 12.1 Å². The minimum atomic E-state index is -4.66. The molecule has 0 spiro atoms. The van der Waals surface area contributed by atoms with Crippen LogP contribution >= 0.6 is 0 Å². The molecule has 1 amide bonds. The Bertz CT molecular complexity index is 1090. The Kier molecular flexibility index (Phi) is 6.52. The number of carboxylic acids is 1. The summed E-state index contributed by atoms with van der Waals surface area (Å²) in [5.74, 6) is -2.88. The van der Waals surface area contributed by atoms with Gasteiger partial charge in [0.25, 0.3) is 0 Å². The zero-order valence-electron chi connectivity index (χ0n) is 17.5. The van der Waals surface area contributed by atoms with Gasteiger partial charge in [0.1, 0.15) is 18.0 Å². The molecular weight excluding hydrogens is 430 g/mol. The van der Waals surface area contributed by atoms with Gasteiger partial charge in [0.05, 0.1) is 18.7 Å². The summed E-state index contributed by atoms with van der Waals surface area (Å²) in [5, 5.41) is 9.75. The van der Waals surface area contributed by atoms with E-state index in [2.05, 4.69) is 0 Å². The number of nitrogens with zero attached hydrogens (tertiary/aromatic N) is 1. The Labute approximate surface area is 182 Å². The van der Waals surface area contributed by atoms with E-state index >= 15 is 0 Å². The number of carbonyl (C=O) groups is 2. The molecule has 32 heavy (non-hydrogen) atoms. The fourth-order valence-electron chi connectivity index (χ4n) is 4.13. The van der Waals surface area contributed by atoms with Gasteiger partial charge < -0.3 is 9.84 Å². The minimum Gasteiger partial charge on any atom is -0.477 e. The lowest BCUT2D eigenvalue weighted by Crippen LogP contribution is -2.58. The highest BCUT2D eigenvalue weighted by Gasteiger charge is 2.50. The number of ether oxygens (including phenoxy) is 1. The molecule has 2 aromatic rings. The number of allylic oxidation sites excluding steroid dienone is 1. The van der Waals surface area contributed by atoms with Crippen LogP contribution in [-0.4, -0.2) is 37.2 Å². The lowest BCUT2D eigenvalue weighted by Gasteiger charge is -2.40. The van der Waals surface area contributed by atoms with Crippen LogP contribution in [0.4, 0.5) is 23.2 Å². The topological polar surface area (TPSA) is 63.6 Å². The molecule has 1 aliphatic heterocycles. The first-order chi connectivity index (χ1) is 15.0. The fraction of sp³-hybridized carbons (Fsp3) is 0.304. The van der Waals surface area contributed by atoms with E-state index < -0.39 is 39.5 Å². The van der Waals surface area contributed by atoms with Crippen molar-refractivity contribution in [3.63, 3.8) is 0 Å². The molecule has 0 radical (unpaired) electrons. The highest BCUT2D eigenvalue weighted by atomic mass is 19.4. The SMILES string of the molecule is COCCC[N+]1(Cc2cccc(F)c2)C(=O)C(C(=O)O)=C(C)c2ccc(C(F)(F)F)cc21. The van der Waals surface area contributed by atoms with Gasteiger partial charge in [-0.2, -0.15) is 13.2 Å². The maximum absolute atomic E-state index is 13.9. The van der Waals surface area contributed by atoms with Crippen molar-refractivity contribution in [3.8, 4) is 0 Å². The molecular formula is C23H22F4NO4+. The normalized spacial score (nSPS) is 18.6. The molecule has 5 nitrogen and oxygen atoms in total. The van der Waals surface area contributed by atoms with Crippen molar-refractivity contribution in [2.24, 2.45) is 0 Å². The Morgan fingerprint density at radius 1 is 1.16 bits per heavy atom. The van der Waals surface area contributed by atoms with Crippen LogP contribution in [0, 0.1) is 5.82 Å². The number of hydrogen-bond acceptors (Lipinski definition) is 3. The second-order valence-electron chi connectivity index (χ2n) is 7.67. The predicted molar refractivity (Wildman–Crippen MR) is 110 cm³/mol. The molecule has 0 saturated heterocycles. The molecule has 0 aliphatic carbocycles. The molecule has 1 heterocycles. The summed E-state index contributed by atoms with van der Waals surface area (Å²) in [4.78, 5) is 25.6. The second kappa shape index (κ2) is 8.84. The van der Waals surface area contributed by atoms with Crippen molar-refractivity contribution >= 4 is 23.1 Å². The first-order valence-electron chi connectivity index (χ1n) is 9.83. The molecule has 9 heteroatoms. The average molecular weight is 452 g/mol. The number of carbonyl (C=O) groups excluding carboxylic acids is 1. The van der Waals surface area contributed by atoms with Crippen molar-refractivity contribution in [2.75, 3.05) is 20.3 Å². The predicted octanol–water partition coefficient (Wildman–Crippen LogP) is 4.79. The van der Waals surface area contributed by atoms with Gasteiger partial charge >= 0.3 is 18.1 Å². The number of aliphatic carboxylic acids is 1. The number of quaternary nitrogens is 1. The maximum atomic E-state index is 13.9. The first kappa shape index (κ1) is 23.6. The van der Waals surface area contributed by atoms with E-state index in [0.717, 1.165) is 12.1 Å². The highest BCUT2D eigenvalue weighted by molar-refractivity contribution is 6.26. The maximum Gasteiger partial charge on any atom is 0.416 e. The van der Waals surface area contributed by atoms with E-state index in [4.69, 9.17) is 4.74 Å². The molecule has 0 aromatic heterocycles. The molecule has 1 aliphatic rings. The molecule has 170 valence electrons. The third-order valence-electron chi connectivity index (χ3n) is 5.61. The lowest BCUT2D eigenvalue weighted by atomic mass is 9.89. The average Bonchev–Trinajstić information content (AvgIpc) is 2.71. The van der Waals surface area contributed by atoms with Gasteiger partial charge in [-0.15, -0.1) is 0 Å². The van der Waals surface area contributed by atoms with Crippen LogP contribution in [0.25, 0.3) is 5.57 Å². The van der Waals surface area contributed by atoms with Crippen molar-refractivity contribution in [1.82, 2.24) is 4.48 Å². The van der Waals surface area contributed by atoms with Gasteiger partial charge in [0.15, 0.2) is 5.57 Å². The smallest absolute Gasteiger partial charge is 0.416 e. The molecule has 1 atom stereocenters. The largest absolute Gasteiger partial charge is 0.477 e. The quantitative estimate of drug-likeness (QED) is 0.284. The summed E-state index contributed by atoms with van der Waals surface area (Å²) in [6.07, 6.45) is -4.40. The van der Waals surface area contributed by atoms with Crippen LogP contribution in [0.2, 0.25) is 0 Å². The number of amides is 1. The van der Waals surface area contributed by atoms with Crippen LogP contribution in [0.3, 0.4) is 0 Å². The van der Waals surface area contributed by atoms with E-state index in [9.17, 15) is 32.3 Å². The van der Waals surface area contributed by atoms with Gasteiger partial charge in [-0.3, -0.25) is 0 Å². The lowest BCUT2D eigenvalue weighted by molar-refractivity contribution is -0.139. The number of methoxy groups -OCH3 is 1. The zero-order valence-corrected chi connectivity index (χ0v) is 17.5. The van der Waals surface area contributed by atoms with Gasteiger partial charge in [-0.05, 0) is 36.8 Å². The number of rotatable bonds is 7. The number of fused-ring (bicyclic) bond motifs is 1. The van der Waals surface area contributed by atoms with Crippen molar-refractivity contribution in [3.05, 3.63) is 70.5 Å². The van der Waals surface area contributed by atoms with E-state index in [0.29, 0.717) is 5.56 Å². The van der Waals surface area contributed by atoms with E-state index in [1.54, 1.807) is 6.07 Å². The third-order valence-corrected chi connectivity index (χ3v) is 5.61. The Balaban J connectivity index is 2.32. The monoisotopic (exact) mass is 452 g/mol. The molecule has 1 unspecified atom stereocenters. The molecule has 3 rings (SSSR count). The van der Waals surface area contributed by atoms with Crippen molar-refractivity contribution in [2.45, 2.75) is 26.1 Å². The number of halogens is 4. The van der Waals surface area contributed by atoms with Crippen LogP contribution in [0.15, 0.2) is 48.0 Å². The second-order valence-corrected chi connectivity index (χ2v) is 7.67. The molecule has 2 aromatic carbocycles. The number of hydrogen-bond donors (Lipinski definition) is 1. The molecule has 0 bridgehead atoms. The number of alkyl halides is 3. The number of carboxylic acid groups (broad SMARTS) is 1. The molecule has 1 N–H and O–H groups in total. The zero-order chi connectivity index (χ0) is 23.7.